The van der Waals surface area contributed by atoms with Crippen LogP contribution in [-0.4, -0.2) is 21.8 Å². The second-order valence-electron chi connectivity index (χ2n) is 8.06. The number of aromatic nitrogens is 2. The molecule has 2 aromatic carbocycles. The molecule has 0 fully saturated rings. The summed E-state index contributed by atoms with van der Waals surface area (Å²) in [4.78, 5) is 36.5. The molecular weight excluding hydrogens is 451 g/mol. The third-order valence-corrected chi connectivity index (χ3v) is 6.28. The van der Waals surface area contributed by atoms with Crippen molar-refractivity contribution >= 4 is 35.0 Å². The maximum atomic E-state index is 14.5. The van der Waals surface area contributed by atoms with Gasteiger partial charge in [0.15, 0.2) is 5.16 Å². The number of amides is 2. The molecule has 0 atom stereocenters. The molecule has 6 nitrogen and oxygen atoms in total. The Bertz CT molecular complexity index is 1250. The van der Waals surface area contributed by atoms with Gasteiger partial charge in [-0.25, -0.2) is 19.3 Å². The summed E-state index contributed by atoms with van der Waals surface area (Å²) >= 11 is 0.998. The van der Waals surface area contributed by atoms with Gasteiger partial charge in [-0.05, 0) is 74.3 Å². The van der Waals surface area contributed by atoms with Gasteiger partial charge in [0.05, 0.1) is 5.69 Å². The summed E-state index contributed by atoms with van der Waals surface area (Å²) in [5.74, 6) is -1.90. The Morgan fingerprint density at radius 1 is 0.971 bits per heavy atom. The summed E-state index contributed by atoms with van der Waals surface area (Å²) in [5.41, 5.74) is 3.32. The van der Waals surface area contributed by atoms with Crippen molar-refractivity contribution in [2.24, 2.45) is 0 Å². The van der Waals surface area contributed by atoms with E-state index >= 15 is 0 Å². The third-order valence-electron chi connectivity index (χ3n) is 5.33. The summed E-state index contributed by atoms with van der Waals surface area (Å²) in [5, 5.41) is 3.44. The molecule has 2 heterocycles. The van der Waals surface area contributed by atoms with Crippen LogP contribution in [0.5, 0.6) is 0 Å². The maximum absolute atomic E-state index is 14.5. The monoisotopic (exact) mass is 476 g/mol. The highest BCUT2D eigenvalue weighted by atomic mass is 32.2. The van der Waals surface area contributed by atoms with Gasteiger partial charge in [-0.15, -0.1) is 0 Å². The van der Waals surface area contributed by atoms with Crippen LogP contribution >= 0.6 is 11.8 Å². The minimum absolute atomic E-state index is 0.0716. The van der Waals surface area contributed by atoms with Crippen LogP contribution in [0.1, 0.15) is 36.7 Å². The van der Waals surface area contributed by atoms with E-state index in [1.807, 2.05) is 44.2 Å². The lowest BCUT2D eigenvalue weighted by Gasteiger charge is -2.16. The molecule has 3 aromatic rings. The van der Waals surface area contributed by atoms with Crippen LogP contribution in [0.25, 0.3) is 0 Å². The molecule has 0 radical (unpaired) electrons. The smallest absolute Gasteiger partial charge is 0.283 e. The predicted molar refractivity (Wildman–Crippen MR) is 132 cm³/mol. The number of nitrogens with zero attached hydrogens (tertiary/aromatic N) is 3. The van der Waals surface area contributed by atoms with Crippen molar-refractivity contribution in [3.8, 4) is 0 Å². The highest BCUT2D eigenvalue weighted by molar-refractivity contribution is 8.04. The SMILES string of the molecule is CCCCc1ccc(NC2=C(Sc3nc(C)cc(C)n3)C(=O)N(c3ccccc3F)C2=O)cc1. The summed E-state index contributed by atoms with van der Waals surface area (Å²) in [6.45, 7) is 5.81. The molecule has 34 heavy (non-hydrogen) atoms. The van der Waals surface area contributed by atoms with Crippen molar-refractivity contribution in [2.75, 3.05) is 10.2 Å². The Hall–Kier alpha value is -3.52. The largest absolute Gasteiger partial charge is 0.350 e. The zero-order chi connectivity index (χ0) is 24.2. The van der Waals surface area contributed by atoms with Crippen LogP contribution in [0.2, 0.25) is 0 Å². The number of imide groups is 1. The zero-order valence-corrected chi connectivity index (χ0v) is 20.1. The van der Waals surface area contributed by atoms with Crippen molar-refractivity contribution in [1.29, 1.82) is 0 Å². The number of carbonyl (C=O) groups excluding carboxylic acids is 2. The van der Waals surface area contributed by atoms with Crippen molar-refractivity contribution < 1.29 is 14.0 Å². The number of nitrogens with one attached hydrogen (secondary N) is 1. The summed E-state index contributed by atoms with van der Waals surface area (Å²) in [7, 11) is 0. The molecule has 8 heteroatoms. The Morgan fingerprint density at radius 2 is 1.65 bits per heavy atom. The molecule has 1 aliphatic rings. The molecule has 174 valence electrons. The molecule has 0 aliphatic carbocycles. The Kier molecular flexibility index (Phi) is 7.07. The molecule has 2 amide bonds. The first-order valence-electron chi connectivity index (χ1n) is 11.1. The molecule has 0 saturated heterocycles. The van der Waals surface area contributed by atoms with E-state index < -0.39 is 17.6 Å². The van der Waals surface area contributed by atoms with E-state index in [9.17, 15) is 14.0 Å². The Balaban J connectivity index is 1.71. The molecule has 0 unspecified atom stereocenters. The highest BCUT2D eigenvalue weighted by Gasteiger charge is 2.41. The summed E-state index contributed by atoms with van der Waals surface area (Å²) in [6, 6.07) is 15.3. The number of hydrogen-bond donors (Lipinski definition) is 1. The third kappa shape index (κ3) is 5.02. The molecular formula is C26H25FN4O2S. The lowest BCUT2D eigenvalue weighted by molar-refractivity contribution is -0.120. The number of benzene rings is 2. The van der Waals surface area contributed by atoms with Crippen molar-refractivity contribution in [1.82, 2.24) is 9.97 Å². The topological polar surface area (TPSA) is 75.2 Å². The maximum Gasteiger partial charge on any atom is 0.283 e. The van der Waals surface area contributed by atoms with E-state index in [1.54, 1.807) is 6.07 Å². The van der Waals surface area contributed by atoms with E-state index in [4.69, 9.17) is 0 Å². The fraction of sp³-hybridized carbons (Fsp3) is 0.231. The van der Waals surface area contributed by atoms with Gasteiger partial charge in [0.2, 0.25) is 0 Å². The van der Waals surface area contributed by atoms with Crippen LogP contribution in [0.4, 0.5) is 15.8 Å². The number of halogens is 1. The van der Waals surface area contributed by atoms with Crippen LogP contribution in [0.3, 0.4) is 0 Å². The average Bonchev–Trinajstić information content (AvgIpc) is 3.02. The van der Waals surface area contributed by atoms with E-state index in [-0.39, 0.29) is 16.3 Å². The minimum atomic E-state index is -0.655. The molecule has 1 aromatic heterocycles. The standard InChI is InChI=1S/C26H25FN4O2S/c1-4-5-8-18-11-13-19(14-12-18)30-22-23(34-26-28-16(2)15-17(3)29-26)25(33)31(24(22)32)21-10-7-6-9-20(21)27/h6-7,9-15,30H,4-5,8H2,1-3H3. The second kappa shape index (κ2) is 10.2. The van der Waals surface area contributed by atoms with E-state index in [0.717, 1.165) is 47.3 Å². The van der Waals surface area contributed by atoms with Gasteiger partial charge in [0.1, 0.15) is 16.4 Å². The zero-order valence-electron chi connectivity index (χ0n) is 19.3. The first kappa shape index (κ1) is 23.6. The van der Waals surface area contributed by atoms with Gasteiger partial charge in [0, 0.05) is 17.1 Å². The summed E-state index contributed by atoms with van der Waals surface area (Å²) < 4.78 is 14.5. The fourth-order valence-corrected chi connectivity index (χ4v) is 4.66. The van der Waals surface area contributed by atoms with Crippen LogP contribution in [-0.2, 0) is 16.0 Å². The van der Waals surface area contributed by atoms with E-state index in [1.165, 1.54) is 23.8 Å². The number of aryl methyl sites for hydroxylation is 3. The molecule has 0 bridgehead atoms. The lowest BCUT2D eigenvalue weighted by Crippen LogP contribution is -2.33. The molecule has 1 aliphatic heterocycles. The number of rotatable bonds is 8. The summed E-state index contributed by atoms with van der Waals surface area (Å²) in [6.07, 6.45) is 3.18. The van der Waals surface area contributed by atoms with Gasteiger partial charge >= 0.3 is 0 Å². The Labute approximate surface area is 202 Å². The fourth-order valence-electron chi connectivity index (χ4n) is 3.68. The number of thioether (sulfide) groups is 1. The number of para-hydroxylation sites is 1. The van der Waals surface area contributed by atoms with Gasteiger partial charge in [0.25, 0.3) is 11.8 Å². The van der Waals surface area contributed by atoms with Crippen LogP contribution < -0.4 is 10.2 Å². The highest BCUT2D eigenvalue weighted by Crippen LogP contribution is 2.37. The minimum Gasteiger partial charge on any atom is -0.350 e. The van der Waals surface area contributed by atoms with Crippen LogP contribution in [0, 0.1) is 19.7 Å². The number of unbranched alkanes of at least 4 members (excludes halogenated alkanes) is 1. The number of anilines is 2. The van der Waals surface area contributed by atoms with E-state index in [0.29, 0.717) is 10.8 Å². The molecule has 0 saturated carbocycles. The molecule has 4 rings (SSSR count). The Morgan fingerprint density at radius 3 is 2.29 bits per heavy atom. The molecule has 0 spiro atoms. The first-order valence-corrected chi connectivity index (χ1v) is 11.9. The van der Waals surface area contributed by atoms with E-state index in [2.05, 4.69) is 22.2 Å². The van der Waals surface area contributed by atoms with Gasteiger partial charge < -0.3 is 5.32 Å². The first-order chi connectivity index (χ1) is 16.4. The normalized spacial score (nSPS) is 13.7. The molecule has 1 N–H and O–H groups in total. The van der Waals surface area contributed by atoms with Crippen LogP contribution in [0.15, 0.2) is 70.4 Å². The number of carbonyl (C=O) groups is 2. The van der Waals surface area contributed by atoms with Gasteiger partial charge in [-0.2, -0.15) is 0 Å². The van der Waals surface area contributed by atoms with Crippen molar-refractivity contribution in [3.63, 3.8) is 0 Å². The van der Waals surface area contributed by atoms with Crippen molar-refractivity contribution in [2.45, 2.75) is 45.2 Å². The van der Waals surface area contributed by atoms with Gasteiger partial charge in [-0.3, -0.25) is 9.59 Å². The van der Waals surface area contributed by atoms with Crippen molar-refractivity contribution in [3.05, 3.63) is 88.0 Å². The quantitative estimate of drug-likeness (QED) is 0.339. The predicted octanol–water partition coefficient (Wildman–Crippen LogP) is 5.56. The van der Waals surface area contributed by atoms with Gasteiger partial charge in [-0.1, -0.05) is 37.6 Å². The average molecular weight is 477 g/mol. The number of hydrogen-bond acceptors (Lipinski definition) is 6. The second-order valence-corrected chi connectivity index (χ2v) is 9.04. The lowest BCUT2D eigenvalue weighted by atomic mass is 10.1.